The standard InChI is InChI=1S/C13H20N4O/c1-10-9-17(7-6-14-10)12-5-4-11(8-15-12)13(18)16(2)3/h4-5,8,10,14H,6-7,9H2,1-3H3/t10-/m1/s1. The smallest absolute Gasteiger partial charge is 0.254 e. The molecule has 1 aliphatic rings. The Labute approximate surface area is 108 Å². The molecule has 0 bridgehead atoms. The molecule has 1 aromatic heterocycles. The van der Waals surface area contributed by atoms with Crippen LogP contribution in [-0.4, -0.2) is 55.6 Å². The summed E-state index contributed by atoms with van der Waals surface area (Å²) in [5, 5.41) is 3.40. The second-order valence-corrected chi connectivity index (χ2v) is 4.91. The van der Waals surface area contributed by atoms with Crippen molar-refractivity contribution in [1.82, 2.24) is 15.2 Å². The van der Waals surface area contributed by atoms with E-state index in [0.29, 0.717) is 11.6 Å². The van der Waals surface area contributed by atoms with Crippen LogP contribution in [0.25, 0.3) is 0 Å². The summed E-state index contributed by atoms with van der Waals surface area (Å²) in [6.07, 6.45) is 1.66. The van der Waals surface area contributed by atoms with Gasteiger partial charge >= 0.3 is 0 Å². The predicted octanol–water partition coefficient (Wildman–Crippen LogP) is 0.581. The van der Waals surface area contributed by atoms with E-state index in [0.717, 1.165) is 25.5 Å². The normalized spacial score (nSPS) is 19.7. The zero-order valence-corrected chi connectivity index (χ0v) is 11.2. The number of anilines is 1. The third-order valence-electron chi connectivity index (χ3n) is 3.09. The molecule has 1 atom stereocenters. The van der Waals surface area contributed by atoms with Crippen LogP contribution in [0.2, 0.25) is 0 Å². The fraction of sp³-hybridized carbons (Fsp3) is 0.538. The Morgan fingerprint density at radius 3 is 2.83 bits per heavy atom. The summed E-state index contributed by atoms with van der Waals surface area (Å²) in [5.41, 5.74) is 0.631. The average Bonchev–Trinajstić information content (AvgIpc) is 2.38. The molecule has 0 saturated carbocycles. The second kappa shape index (κ2) is 5.35. The van der Waals surface area contributed by atoms with E-state index in [-0.39, 0.29) is 5.91 Å². The van der Waals surface area contributed by atoms with E-state index in [4.69, 9.17) is 0 Å². The summed E-state index contributed by atoms with van der Waals surface area (Å²) in [6.45, 7) is 5.05. The van der Waals surface area contributed by atoms with Gasteiger partial charge in [-0.05, 0) is 19.1 Å². The van der Waals surface area contributed by atoms with Gasteiger partial charge in [0.25, 0.3) is 5.91 Å². The molecular formula is C13H20N4O. The summed E-state index contributed by atoms with van der Waals surface area (Å²) >= 11 is 0. The van der Waals surface area contributed by atoms with Crippen molar-refractivity contribution in [3.8, 4) is 0 Å². The van der Waals surface area contributed by atoms with E-state index in [1.807, 2.05) is 12.1 Å². The molecule has 0 spiro atoms. The lowest BCUT2D eigenvalue weighted by Gasteiger charge is -2.32. The molecule has 1 amide bonds. The van der Waals surface area contributed by atoms with Gasteiger partial charge in [-0.15, -0.1) is 0 Å². The largest absolute Gasteiger partial charge is 0.354 e. The van der Waals surface area contributed by atoms with E-state index >= 15 is 0 Å². The number of piperazine rings is 1. The van der Waals surface area contributed by atoms with Crippen LogP contribution in [0.4, 0.5) is 5.82 Å². The van der Waals surface area contributed by atoms with Gasteiger partial charge < -0.3 is 15.1 Å². The fourth-order valence-corrected chi connectivity index (χ4v) is 2.10. The molecule has 0 aliphatic carbocycles. The fourth-order valence-electron chi connectivity index (χ4n) is 2.10. The van der Waals surface area contributed by atoms with Crippen LogP contribution >= 0.6 is 0 Å². The third-order valence-corrected chi connectivity index (χ3v) is 3.09. The molecule has 1 N–H and O–H groups in total. The minimum absolute atomic E-state index is 0.0114. The van der Waals surface area contributed by atoms with Gasteiger partial charge in [0.15, 0.2) is 0 Å². The first-order valence-electron chi connectivity index (χ1n) is 6.24. The monoisotopic (exact) mass is 248 g/mol. The zero-order chi connectivity index (χ0) is 13.1. The highest BCUT2D eigenvalue weighted by Crippen LogP contribution is 2.14. The van der Waals surface area contributed by atoms with Crippen molar-refractivity contribution in [2.24, 2.45) is 0 Å². The van der Waals surface area contributed by atoms with Crippen LogP contribution < -0.4 is 10.2 Å². The van der Waals surface area contributed by atoms with Crippen molar-refractivity contribution < 1.29 is 4.79 Å². The third kappa shape index (κ3) is 2.79. The highest BCUT2D eigenvalue weighted by molar-refractivity contribution is 5.93. The van der Waals surface area contributed by atoms with Crippen molar-refractivity contribution in [2.75, 3.05) is 38.6 Å². The summed E-state index contributed by atoms with van der Waals surface area (Å²) in [7, 11) is 3.49. The summed E-state index contributed by atoms with van der Waals surface area (Å²) in [6, 6.07) is 4.25. The number of nitrogens with one attached hydrogen (secondary N) is 1. The number of hydrogen-bond donors (Lipinski definition) is 1. The maximum atomic E-state index is 11.7. The Hall–Kier alpha value is -1.62. The van der Waals surface area contributed by atoms with Gasteiger partial charge in [0.1, 0.15) is 5.82 Å². The second-order valence-electron chi connectivity index (χ2n) is 4.91. The Morgan fingerprint density at radius 1 is 1.50 bits per heavy atom. The average molecular weight is 248 g/mol. The first-order chi connectivity index (χ1) is 8.58. The molecule has 5 nitrogen and oxygen atoms in total. The van der Waals surface area contributed by atoms with Gasteiger partial charge in [-0.2, -0.15) is 0 Å². The molecule has 1 aromatic rings. The van der Waals surface area contributed by atoms with Crippen molar-refractivity contribution in [1.29, 1.82) is 0 Å². The van der Waals surface area contributed by atoms with Crippen LogP contribution in [0, 0.1) is 0 Å². The summed E-state index contributed by atoms with van der Waals surface area (Å²) < 4.78 is 0. The summed E-state index contributed by atoms with van der Waals surface area (Å²) in [5.74, 6) is 0.932. The van der Waals surface area contributed by atoms with Crippen molar-refractivity contribution in [3.63, 3.8) is 0 Å². The first-order valence-corrected chi connectivity index (χ1v) is 6.24. The number of rotatable bonds is 2. The molecule has 18 heavy (non-hydrogen) atoms. The van der Waals surface area contributed by atoms with E-state index in [1.54, 1.807) is 25.2 Å². The number of nitrogens with zero attached hydrogens (tertiary/aromatic N) is 3. The maximum Gasteiger partial charge on any atom is 0.254 e. The van der Waals surface area contributed by atoms with E-state index in [2.05, 4.69) is 22.1 Å². The Kier molecular flexibility index (Phi) is 3.81. The Bertz CT molecular complexity index is 416. The predicted molar refractivity (Wildman–Crippen MR) is 71.9 cm³/mol. The van der Waals surface area contributed by atoms with Crippen LogP contribution in [0.1, 0.15) is 17.3 Å². The molecule has 1 fully saturated rings. The molecule has 1 saturated heterocycles. The molecule has 1 aliphatic heterocycles. The van der Waals surface area contributed by atoms with Crippen LogP contribution in [0.5, 0.6) is 0 Å². The minimum atomic E-state index is -0.0114. The Balaban J connectivity index is 2.10. The molecule has 2 heterocycles. The van der Waals surface area contributed by atoms with Crippen LogP contribution in [0.15, 0.2) is 18.3 Å². The van der Waals surface area contributed by atoms with Crippen LogP contribution in [-0.2, 0) is 0 Å². The SMILES string of the molecule is C[C@@H]1CN(c2ccc(C(=O)N(C)C)cn2)CCN1. The highest BCUT2D eigenvalue weighted by atomic mass is 16.2. The van der Waals surface area contributed by atoms with Gasteiger partial charge in [0, 0.05) is 46.0 Å². The highest BCUT2D eigenvalue weighted by Gasteiger charge is 2.17. The van der Waals surface area contributed by atoms with Gasteiger partial charge in [-0.3, -0.25) is 4.79 Å². The van der Waals surface area contributed by atoms with Crippen LogP contribution in [0.3, 0.4) is 0 Å². The molecule has 98 valence electrons. The first kappa shape index (κ1) is 12.8. The Morgan fingerprint density at radius 2 is 2.28 bits per heavy atom. The van der Waals surface area contributed by atoms with Gasteiger partial charge in [0.2, 0.25) is 0 Å². The molecular weight excluding hydrogens is 228 g/mol. The number of hydrogen-bond acceptors (Lipinski definition) is 4. The lowest BCUT2D eigenvalue weighted by atomic mass is 10.2. The van der Waals surface area contributed by atoms with Gasteiger partial charge in [-0.25, -0.2) is 4.98 Å². The lowest BCUT2D eigenvalue weighted by molar-refractivity contribution is 0.0827. The van der Waals surface area contributed by atoms with Crippen molar-refractivity contribution in [3.05, 3.63) is 23.9 Å². The molecule has 0 radical (unpaired) electrons. The summed E-state index contributed by atoms with van der Waals surface area (Å²) in [4.78, 5) is 19.9. The van der Waals surface area contributed by atoms with E-state index < -0.39 is 0 Å². The molecule has 0 aromatic carbocycles. The van der Waals surface area contributed by atoms with Gasteiger partial charge in [0.05, 0.1) is 5.56 Å². The number of amides is 1. The lowest BCUT2D eigenvalue weighted by Crippen LogP contribution is -2.49. The van der Waals surface area contributed by atoms with Crippen molar-refractivity contribution >= 4 is 11.7 Å². The quantitative estimate of drug-likeness (QED) is 0.832. The van der Waals surface area contributed by atoms with Crippen molar-refractivity contribution in [2.45, 2.75) is 13.0 Å². The maximum absolute atomic E-state index is 11.7. The van der Waals surface area contributed by atoms with E-state index in [9.17, 15) is 4.79 Å². The van der Waals surface area contributed by atoms with Gasteiger partial charge in [-0.1, -0.05) is 0 Å². The number of aromatic nitrogens is 1. The topological polar surface area (TPSA) is 48.5 Å². The number of pyridine rings is 1. The number of carbonyl (C=O) groups excluding carboxylic acids is 1. The molecule has 0 unspecified atom stereocenters. The minimum Gasteiger partial charge on any atom is -0.354 e. The molecule has 5 heteroatoms. The molecule has 2 rings (SSSR count). The zero-order valence-electron chi connectivity index (χ0n) is 11.2. The van der Waals surface area contributed by atoms with E-state index in [1.165, 1.54) is 0 Å². The number of carbonyl (C=O) groups is 1.